The van der Waals surface area contributed by atoms with Crippen molar-refractivity contribution in [2.45, 2.75) is 0 Å². The molecule has 8 heteroatoms. The van der Waals surface area contributed by atoms with Crippen LogP contribution >= 0.6 is 0 Å². The van der Waals surface area contributed by atoms with Gasteiger partial charge >= 0.3 is 0 Å². The van der Waals surface area contributed by atoms with E-state index in [1.165, 1.54) is 0 Å². The third kappa shape index (κ3) is 2.27. The average molecular weight is 298 g/mol. The van der Waals surface area contributed by atoms with E-state index in [0.717, 1.165) is 12.1 Å². The van der Waals surface area contributed by atoms with Crippen molar-refractivity contribution < 1.29 is 39.1 Å². The molecule has 21 heavy (non-hydrogen) atoms. The first-order chi connectivity index (χ1) is 9.73. The Bertz CT molecular complexity index is 734. The van der Waals surface area contributed by atoms with Crippen LogP contribution in [0.4, 0.5) is 8.78 Å². The van der Waals surface area contributed by atoms with Crippen molar-refractivity contribution in [3.05, 3.63) is 41.0 Å². The number of ketones is 1. The Labute approximate surface area is 115 Å². The highest BCUT2D eigenvalue weighted by atomic mass is 19.1. The van der Waals surface area contributed by atoms with E-state index < -0.39 is 57.3 Å². The van der Waals surface area contributed by atoms with Gasteiger partial charge in [-0.2, -0.15) is 4.39 Å². The minimum absolute atomic E-state index is 0.452. The van der Waals surface area contributed by atoms with Gasteiger partial charge in [-0.25, -0.2) is 4.39 Å². The van der Waals surface area contributed by atoms with Gasteiger partial charge < -0.3 is 25.5 Å². The number of phenolic OH excluding ortho intramolecular Hbond substituents is 5. The first-order valence-electron chi connectivity index (χ1n) is 5.43. The number of rotatable bonds is 2. The van der Waals surface area contributed by atoms with Crippen LogP contribution in [0, 0.1) is 11.6 Å². The molecule has 0 atom stereocenters. The lowest BCUT2D eigenvalue weighted by Gasteiger charge is -2.08. The number of carbonyl (C=O) groups excluding carboxylic acids is 1. The lowest BCUT2D eigenvalue weighted by Crippen LogP contribution is -2.05. The van der Waals surface area contributed by atoms with Gasteiger partial charge in [-0.15, -0.1) is 0 Å². The summed E-state index contributed by atoms with van der Waals surface area (Å²) in [4.78, 5) is 12.0. The molecule has 0 aliphatic carbocycles. The summed E-state index contributed by atoms with van der Waals surface area (Å²) >= 11 is 0. The second-order valence-corrected chi connectivity index (χ2v) is 4.11. The van der Waals surface area contributed by atoms with Gasteiger partial charge in [0.2, 0.25) is 5.82 Å². The van der Waals surface area contributed by atoms with Crippen molar-refractivity contribution in [1.82, 2.24) is 0 Å². The zero-order chi connectivity index (χ0) is 15.9. The molecule has 6 nitrogen and oxygen atoms in total. The number of hydrogen-bond acceptors (Lipinski definition) is 6. The van der Waals surface area contributed by atoms with Crippen molar-refractivity contribution in [1.29, 1.82) is 0 Å². The molecule has 0 aliphatic rings. The Morgan fingerprint density at radius 1 is 0.762 bits per heavy atom. The summed E-state index contributed by atoms with van der Waals surface area (Å²) in [5.41, 5.74) is -1.33. The van der Waals surface area contributed by atoms with Crippen molar-refractivity contribution in [3.63, 3.8) is 0 Å². The van der Waals surface area contributed by atoms with Crippen molar-refractivity contribution in [3.8, 4) is 28.7 Å². The van der Waals surface area contributed by atoms with Crippen molar-refractivity contribution in [2.75, 3.05) is 0 Å². The van der Waals surface area contributed by atoms with Crippen LogP contribution in [0.5, 0.6) is 28.7 Å². The normalized spacial score (nSPS) is 10.6. The fourth-order valence-corrected chi connectivity index (χ4v) is 1.66. The van der Waals surface area contributed by atoms with Crippen LogP contribution in [0.25, 0.3) is 0 Å². The van der Waals surface area contributed by atoms with E-state index in [0.29, 0.717) is 6.07 Å². The van der Waals surface area contributed by atoms with Crippen LogP contribution in [0.1, 0.15) is 15.9 Å². The Morgan fingerprint density at radius 2 is 1.29 bits per heavy atom. The highest BCUT2D eigenvalue weighted by molar-refractivity contribution is 6.10. The molecule has 2 rings (SSSR count). The van der Waals surface area contributed by atoms with Gasteiger partial charge in [-0.1, -0.05) is 0 Å². The topological polar surface area (TPSA) is 118 Å². The lowest BCUT2D eigenvalue weighted by atomic mass is 10.0. The van der Waals surface area contributed by atoms with Gasteiger partial charge in [-0.05, 0) is 18.2 Å². The standard InChI is InChI=1S/C13H8F2O6/c14-9-5(3-6(16)10(15)13(9)21)11(19)4-1-7(17)12(20)8(18)2-4/h1-3,16-18,20-21H. The van der Waals surface area contributed by atoms with Crippen LogP contribution < -0.4 is 0 Å². The van der Waals surface area contributed by atoms with Crippen LogP contribution in [-0.4, -0.2) is 31.3 Å². The third-order valence-electron chi connectivity index (χ3n) is 2.73. The summed E-state index contributed by atoms with van der Waals surface area (Å²) in [7, 11) is 0. The molecule has 0 spiro atoms. The van der Waals surface area contributed by atoms with Gasteiger partial charge in [0, 0.05) is 5.56 Å². The number of halogens is 2. The summed E-state index contributed by atoms with van der Waals surface area (Å²) in [6.07, 6.45) is 0. The van der Waals surface area contributed by atoms with Gasteiger partial charge in [0.05, 0.1) is 5.56 Å². The van der Waals surface area contributed by atoms with Crippen LogP contribution in [0.3, 0.4) is 0 Å². The van der Waals surface area contributed by atoms with E-state index in [1.54, 1.807) is 0 Å². The predicted octanol–water partition coefficient (Wildman–Crippen LogP) is 1.72. The maximum Gasteiger partial charge on any atom is 0.209 e. The number of hydrogen-bond donors (Lipinski definition) is 5. The predicted molar refractivity (Wildman–Crippen MR) is 64.6 cm³/mol. The highest BCUT2D eigenvalue weighted by Gasteiger charge is 2.24. The maximum atomic E-state index is 13.7. The number of phenols is 5. The van der Waals surface area contributed by atoms with Crippen molar-refractivity contribution >= 4 is 5.78 Å². The lowest BCUT2D eigenvalue weighted by molar-refractivity contribution is 0.103. The Hall–Kier alpha value is -3.03. The molecule has 0 aromatic heterocycles. The van der Waals surface area contributed by atoms with E-state index in [2.05, 4.69) is 0 Å². The summed E-state index contributed by atoms with van der Waals surface area (Å²) in [5.74, 6) is -9.64. The number of aromatic hydroxyl groups is 5. The first-order valence-corrected chi connectivity index (χ1v) is 5.43. The second kappa shape index (κ2) is 4.82. The van der Waals surface area contributed by atoms with Gasteiger partial charge in [0.1, 0.15) is 0 Å². The SMILES string of the molecule is O=C(c1cc(O)c(O)c(O)c1)c1cc(O)c(F)c(O)c1F. The van der Waals surface area contributed by atoms with Crippen LogP contribution in [0.15, 0.2) is 18.2 Å². The smallest absolute Gasteiger partial charge is 0.209 e. The molecule has 0 heterocycles. The molecule has 2 aromatic carbocycles. The Morgan fingerprint density at radius 3 is 1.81 bits per heavy atom. The molecule has 0 bridgehead atoms. The van der Waals surface area contributed by atoms with E-state index >= 15 is 0 Å². The molecule has 0 aliphatic heterocycles. The fraction of sp³-hybridized carbons (Fsp3) is 0. The molecule has 0 saturated heterocycles. The second-order valence-electron chi connectivity index (χ2n) is 4.11. The minimum atomic E-state index is -1.62. The molecule has 0 radical (unpaired) electrons. The largest absolute Gasteiger partial charge is 0.505 e. The molecule has 0 fully saturated rings. The Kier molecular flexibility index (Phi) is 3.30. The molecule has 0 amide bonds. The molecule has 2 aromatic rings. The van der Waals surface area contributed by atoms with Crippen molar-refractivity contribution in [2.24, 2.45) is 0 Å². The summed E-state index contributed by atoms with van der Waals surface area (Å²) < 4.78 is 26.7. The zero-order valence-electron chi connectivity index (χ0n) is 10.1. The van der Waals surface area contributed by atoms with Gasteiger partial charge in [-0.3, -0.25) is 4.79 Å². The van der Waals surface area contributed by atoms with E-state index in [9.17, 15) is 23.8 Å². The molecule has 0 saturated carbocycles. The summed E-state index contributed by atoms with van der Waals surface area (Å²) in [5, 5.41) is 46.0. The zero-order valence-corrected chi connectivity index (χ0v) is 10.1. The quantitative estimate of drug-likeness (QED) is 0.425. The molecular weight excluding hydrogens is 290 g/mol. The summed E-state index contributed by atoms with van der Waals surface area (Å²) in [6, 6.07) is 1.91. The number of carbonyl (C=O) groups is 1. The highest BCUT2D eigenvalue weighted by Crippen LogP contribution is 2.37. The molecule has 0 unspecified atom stereocenters. The fourth-order valence-electron chi connectivity index (χ4n) is 1.66. The van der Waals surface area contributed by atoms with E-state index in [1.807, 2.05) is 0 Å². The maximum absolute atomic E-state index is 13.7. The minimum Gasteiger partial charge on any atom is -0.505 e. The van der Waals surface area contributed by atoms with Crippen LogP contribution in [0.2, 0.25) is 0 Å². The van der Waals surface area contributed by atoms with Gasteiger partial charge in [0.15, 0.2) is 40.3 Å². The first kappa shape index (κ1) is 14.4. The van der Waals surface area contributed by atoms with E-state index in [-0.39, 0.29) is 0 Å². The molecule has 5 N–H and O–H groups in total. The monoisotopic (exact) mass is 298 g/mol. The van der Waals surface area contributed by atoms with E-state index in [4.69, 9.17) is 15.3 Å². The molecular formula is C13H8F2O6. The summed E-state index contributed by atoms with van der Waals surface area (Å²) in [6.45, 7) is 0. The molecule has 110 valence electrons. The third-order valence-corrected chi connectivity index (χ3v) is 2.73. The van der Waals surface area contributed by atoms with Gasteiger partial charge in [0.25, 0.3) is 0 Å². The number of benzene rings is 2. The van der Waals surface area contributed by atoms with Crippen LogP contribution in [-0.2, 0) is 0 Å². The average Bonchev–Trinajstić information content (AvgIpc) is 2.45. The Balaban J connectivity index is 2.61.